The molecule has 5 aromatic rings. The van der Waals surface area contributed by atoms with Gasteiger partial charge in [-0.2, -0.15) is 0 Å². The van der Waals surface area contributed by atoms with Crippen molar-refractivity contribution in [3.63, 3.8) is 0 Å². The SMILES string of the molecule is Clc1ccc2ccc3c(c2c1)c1ccccc1n3-c1ccccc1. The van der Waals surface area contributed by atoms with Crippen molar-refractivity contribution < 1.29 is 0 Å². The highest BCUT2D eigenvalue weighted by atomic mass is 35.5. The Kier molecular flexibility index (Phi) is 2.91. The van der Waals surface area contributed by atoms with E-state index >= 15 is 0 Å². The summed E-state index contributed by atoms with van der Waals surface area (Å²) in [6, 6.07) is 29.5. The molecule has 2 heteroatoms. The van der Waals surface area contributed by atoms with Crippen molar-refractivity contribution in [1.82, 2.24) is 4.57 Å². The average Bonchev–Trinajstić information content (AvgIpc) is 2.97. The standard InChI is InChI=1S/C22H14ClN/c23-16-12-10-15-11-13-21-22(19(15)14-16)18-8-4-5-9-20(18)24(21)17-6-2-1-3-7-17/h1-14H. The van der Waals surface area contributed by atoms with E-state index in [9.17, 15) is 0 Å². The van der Waals surface area contributed by atoms with Crippen LogP contribution in [0.3, 0.4) is 0 Å². The summed E-state index contributed by atoms with van der Waals surface area (Å²) < 4.78 is 2.32. The maximum Gasteiger partial charge on any atom is 0.0547 e. The Morgan fingerprint density at radius 1 is 0.625 bits per heavy atom. The number of benzene rings is 4. The summed E-state index contributed by atoms with van der Waals surface area (Å²) in [6.07, 6.45) is 0. The minimum atomic E-state index is 0.770. The van der Waals surface area contributed by atoms with Crippen molar-refractivity contribution >= 4 is 44.2 Å². The molecule has 1 nitrogen and oxygen atoms in total. The van der Waals surface area contributed by atoms with E-state index in [2.05, 4.69) is 77.4 Å². The summed E-state index contributed by atoms with van der Waals surface area (Å²) in [5, 5.41) is 5.69. The molecule has 0 spiro atoms. The van der Waals surface area contributed by atoms with Crippen molar-refractivity contribution in [2.45, 2.75) is 0 Å². The number of aromatic nitrogens is 1. The van der Waals surface area contributed by atoms with Gasteiger partial charge < -0.3 is 4.57 Å². The van der Waals surface area contributed by atoms with E-state index < -0.39 is 0 Å². The van der Waals surface area contributed by atoms with Gasteiger partial charge in [-0.05, 0) is 47.2 Å². The van der Waals surface area contributed by atoms with E-state index in [4.69, 9.17) is 11.6 Å². The van der Waals surface area contributed by atoms with Gasteiger partial charge in [-0.1, -0.05) is 60.1 Å². The fourth-order valence-corrected chi connectivity index (χ4v) is 3.79. The Hall–Kier alpha value is -2.77. The summed E-state index contributed by atoms with van der Waals surface area (Å²) in [7, 11) is 0. The number of rotatable bonds is 1. The number of halogens is 1. The molecule has 0 fully saturated rings. The van der Waals surface area contributed by atoms with Crippen molar-refractivity contribution in [3.05, 3.63) is 90.0 Å². The molecule has 0 N–H and O–H groups in total. The highest BCUT2D eigenvalue weighted by molar-refractivity contribution is 6.32. The number of para-hydroxylation sites is 2. The summed E-state index contributed by atoms with van der Waals surface area (Å²) in [4.78, 5) is 0. The second kappa shape index (κ2) is 5.12. The lowest BCUT2D eigenvalue weighted by molar-refractivity contribution is 1.18. The molecule has 0 unspecified atom stereocenters. The minimum Gasteiger partial charge on any atom is -0.309 e. The van der Waals surface area contributed by atoms with Gasteiger partial charge in [0.15, 0.2) is 0 Å². The zero-order valence-electron chi connectivity index (χ0n) is 12.9. The summed E-state index contributed by atoms with van der Waals surface area (Å²) in [5.41, 5.74) is 3.59. The van der Waals surface area contributed by atoms with E-state index in [1.54, 1.807) is 0 Å². The Balaban J connectivity index is 2.06. The van der Waals surface area contributed by atoms with Gasteiger partial charge in [0.2, 0.25) is 0 Å². The summed E-state index contributed by atoms with van der Waals surface area (Å²) in [5.74, 6) is 0. The normalized spacial score (nSPS) is 11.5. The van der Waals surface area contributed by atoms with Crippen molar-refractivity contribution in [3.8, 4) is 5.69 Å². The Morgan fingerprint density at radius 3 is 2.25 bits per heavy atom. The quantitative estimate of drug-likeness (QED) is 0.327. The van der Waals surface area contributed by atoms with Crippen LogP contribution in [0.15, 0.2) is 84.9 Å². The maximum absolute atomic E-state index is 6.29. The number of hydrogen-bond donors (Lipinski definition) is 0. The van der Waals surface area contributed by atoms with Crippen molar-refractivity contribution in [2.24, 2.45) is 0 Å². The highest BCUT2D eigenvalue weighted by Crippen LogP contribution is 2.37. The molecule has 0 atom stereocenters. The van der Waals surface area contributed by atoms with Gasteiger partial charge in [0.1, 0.15) is 0 Å². The zero-order valence-corrected chi connectivity index (χ0v) is 13.7. The first kappa shape index (κ1) is 13.6. The van der Waals surface area contributed by atoms with Gasteiger partial charge in [0.25, 0.3) is 0 Å². The van der Waals surface area contributed by atoms with E-state index in [1.807, 2.05) is 12.1 Å². The van der Waals surface area contributed by atoms with E-state index in [-0.39, 0.29) is 0 Å². The van der Waals surface area contributed by atoms with Crippen LogP contribution in [-0.2, 0) is 0 Å². The largest absolute Gasteiger partial charge is 0.309 e. The zero-order chi connectivity index (χ0) is 16.1. The molecule has 1 aromatic heterocycles. The third-order valence-corrected chi connectivity index (χ3v) is 4.87. The van der Waals surface area contributed by atoms with Crippen LogP contribution in [0.5, 0.6) is 0 Å². The molecule has 0 amide bonds. The topological polar surface area (TPSA) is 4.93 Å². The van der Waals surface area contributed by atoms with Crippen LogP contribution in [0.4, 0.5) is 0 Å². The lowest BCUT2D eigenvalue weighted by atomic mass is 10.0. The molecular weight excluding hydrogens is 314 g/mol. The Labute approximate surface area is 144 Å². The van der Waals surface area contributed by atoms with Crippen LogP contribution in [-0.4, -0.2) is 4.57 Å². The lowest BCUT2D eigenvalue weighted by Crippen LogP contribution is -1.92. The second-order valence-corrected chi connectivity index (χ2v) is 6.45. The third-order valence-electron chi connectivity index (χ3n) is 4.63. The first-order chi connectivity index (χ1) is 11.8. The van der Waals surface area contributed by atoms with Gasteiger partial charge in [0, 0.05) is 21.5 Å². The van der Waals surface area contributed by atoms with Crippen LogP contribution in [0, 0.1) is 0 Å². The predicted octanol–water partition coefficient (Wildman–Crippen LogP) is 6.59. The Morgan fingerprint density at radius 2 is 1.38 bits per heavy atom. The third kappa shape index (κ3) is 1.88. The molecular formula is C22H14ClN. The lowest BCUT2D eigenvalue weighted by Gasteiger charge is -2.08. The fourth-order valence-electron chi connectivity index (χ4n) is 3.61. The monoisotopic (exact) mass is 327 g/mol. The van der Waals surface area contributed by atoms with E-state index in [1.165, 1.54) is 38.3 Å². The molecule has 0 aliphatic carbocycles. The number of nitrogens with zero attached hydrogens (tertiary/aromatic N) is 1. The van der Waals surface area contributed by atoms with Gasteiger partial charge in [-0.15, -0.1) is 0 Å². The average molecular weight is 328 g/mol. The second-order valence-electron chi connectivity index (χ2n) is 6.01. The molecule has 1 heterocycles. The fraction of sp³-hybridized carbons (Fsp3) is 0. The Bertz CT molecular complexity index is 1200. The van der Waals surface area contributed by atoms with Crippen LogP contribution in [0.25, 0.3) is 38.3 Å². The molecule has 5 rings (SSSR count). The minimum absolute atomic E-state index is 0.770. The van der Waals surface area contributed by atoms with Crippen LogP contribution in [0.1, 0.15) is 0 Å². The molecule has 4 aromatic carbocycles. The van der Waals surface area contributed by atoms with Crippen LogP contribution in [0.2, 0.25) is 5.02 Å². The molecule has 114 valence electrons. The summed E-state index contributed by atoms with van der Waals surface area (Å²) >= 11 is 6.29. The van der Waals surface area contributed by atoms with Crippen molar-refractivity contribution in [2.75, 3.05) is 0 Å². The van der Waals surface area contributed by atoms with E-state index in [0.717, 1.165) is 5.02 Å². The predicted molar refractivity (Wildman–Crippen MR) is 103 cm³/mol. The first-order valence-corrected chi connectivity index (χ1v) is 8.37. The molecule has 0 aliphatic heterocycles. The van der Waals surface area contributed by atoms with E-state index in [0.29, 0.717) is 0 Å². The van der Waals surface area contributed by atoms with Crippen LogP contribution < -0.4 is 0 Å². The molecule has 0 saturated carbocycles. The molecule has 24 heavy (non-hydrogen) atoms. The maximum atomic E-state index is 6.29. The molecule has 0 aliphatic rings. The van der Waals surface area contributed by atoms with Gasteiger partial charge in [-0.3, -0.25) is 0 Å². The van der Waals surface area contributed by atoms with Gasteiger partial charge in [-0.25, -0.2) is 0 Å². The van der Waals surface area contributed by atoms with Gasteiger partial charge in [0.05, 0.1) is 11.0 Å². The molecule has 0 bridgehead atoms. The van der Waals surface area contributed by atoms with Crippen LogP contribution >= 0.6 is 11.6 Å². The molecule has 0 radical (unpaired) electrons. The number of hydrogen-bond acceptors (Lipinski definition) is 0. The summed E-state index contributed by atoms with van der Waals surface area (Å²) in [6.45, 7) is 0. The highest BCUT2D eigenvalue weighted by Gasteiger charge is 2.14. The smallest absolute Gasteiger partial charge is 0.0547 e. The van der Waals surface area contributed by atoms with Crippen molar-refractivity contribution in [1.29, 1.82) is 0 Å². The first-order valence-electron chi connectivity index (χ1n) is 8.00. The number of fused-ring (bicyclic) bond motifs is 5. The van der Waals surface area contributed by atoms with Gasteiger partial charge >= 0.3 is 0 Å². The molecule has 0 saturated heterocycles.